The standard InChI is InChI=1S/C20H30BrNO2/c1-2-3-12-18-15-22(20(23)19(18)21)13-8-5-9-14-24-16-17-10-6-4-7-11-17/h4,6-7,10-11,18-19H,2-3,5,8-9,12-16H2,1H3. The lowest BCUT2D eigenvalue weighted by Gasteiger charge is -2.16. The van der Waals surface area contributed by atoms with Gasteiger partial charge in [0.25, 0.3) is 0 Å². The highest BCUT2D eigenvalue weighted by molar-refractivity contribution is 9.10. The second-order valence-corrected chi connectivity index (χ2v) is 7.67. The number of carbonyl (C=O) groups is 1. The Morgan fingerprint density at radius 2 is 1.96 bits per heavy atom. The van der Waals surface area contributed by atoms with Crippen LogP contribution >= 0.6 is 15.9 Å². The molecule has 1 amide bonds. The Labute approximate surface area is 154 Å². The van der Waals surface area contributed by atoms with Gasteiger partial charge in [0, 0.05) is 19.7 Å². The van der Waals surface area contributed by atoms with Gasteiger partial charge in [-0.25, -0.2) is 0 Å². The van der Waals surface area contributed by atoms with E-state index in [0.717, 1.165) is 45.4 Å². The van der Waals surface area contributed by atoms with Gasteiger partial charge in [0.1, 0.15) is 0 Å². The van der Waals surface area contributed by atoms with Crippen molar-refractivity contribution in [3.63, 3.8) is 0 Å². The molecule has 4 heteroatoms. The molecule has 0 radical (unpaired) electrons. The first-order valence-electron chi connectivity index (χ1n) is 9.27. The Balaban J connectivity index is 1.53. The van der Waals surface area contributed by atoms with E-state index in [1.54, 1.807) is 0 Å². The molecule has 0 spiro atoms. The summed E-state index contributed by atoms with van der Waals surface area (Å²) in [6.07, 6.45) is 6.82. The van der Waals surface area contributed by atoms with Gasteiger partial charge in [-0.3, -0.25) is 4.79 Å². The molecule has 0 bridgehead atoms. The van der Waals surface area contributed by atoms with Crippen LogP contribution in [-0.2, 0) is 16.1 Å². The van der Waals surface area contributed by atoms with E-state index in [0.29, 0.717) is 12.5 Å². The minimum Gasteiger partial charge on any atom is -0.377 e. The van der Waals surface area contributed by atoms with Crippen LogP contribution in [0.15, 0.2) is 30.3 Å². The molecule has 0 aliphatic carbocycles. The minimum absolute atomic E-state index is 0.0401. The number of amides is 1. The van der Waals surface area contributed by atoms with Crippen LogP contribution in [0.4, 0.5) is 0 Å². The number of ether oxygens (including phenoxy) is 1. The second kappa shape index (κ2) is 10.9. The largest absolute Gasteiger partial charge is 0.377 e. The van der Waals surface area contributed by atoms with Crippen LogP contribution in [0.1, 0.15) is 51.0 Å². The summed E-state index contributed by atoms with van der Waals surface area (Å²) >= 11 is 3.59. The summed E-state index contributed by atoms with van der Waals surface area (Å²) in [4.78, 5) is 14.3. The highest BCUT2D eigenvalue weighted by Gasteiger charge is 2.37. The molecule has 0 N–H and O–H groups in total. The number of carbonyl (C=O) groups excluding carboxylic acids is 1. The molecule has 3 nitrogen and oxygen atoms in total. The summed E-state index contributed by atoms with van der Waals surface area (Å²) in [6, 6.07) is 10.3. The molecule has 24 heavy (non-hydrogen) atoms. The predicted molar refractivity (Wildman–Crippen MR) is 102 cm³/mol. The van der Waals surface area contributed by atoms with Gasteiger partial charge in [-0.15, -0.1) is 0 Å². The fourth-order valence-electron chi connectivity index (χ4n) is 3.19. The van der Waals surface area contributed by atoms with Crippen LogP contribution in [0.25, 0.3) is 0 Å². The zero-order valence-electron chi connectivity index (χ0n) is 14.8. The molecule has 1 aromatic carbocycles. The van der Waals surface area contributed by atoms with Crippen molar-refractivity contribution in [2.75, 3.05) is 19.7 Å². The van der Waals surface area contributed by atoms with Crippen LogP contribution in [0, 0.1) is 5.92 Å². The number of unbranched alkanes of at least 4 members (excludes halogenated alkanes) is 3. The average molecular weight is 396 g/mol. The highest BCUT2D eigenvalue weighted by atomic mass is 79.9. The molecule has 134 valence electrons. The van der Waals surface area contributed by atoms with Gasteiger partial charge in [0.15, 0.2) is 0 Å². The van der Waals surface area contributed by atoms with Gasteiger partial charge in [-0.2, -0.15) is 0 Å². The number of hydrogen-bond acceptors (Lipinski definition) is 2. The third-order valence-electron chi connectivity index (χ3n) is 4.67. The maximum Gasteiger partial charge on any atom is 0.236 e. The molecule has 2 unspecified atom stereocenters. The van der Waals surface area contributed by atoms with Gasteiger partial charge < -0.3 is 9.64 Å². The molecule has 0 aromatic heterocycles. The summed E-state index contributed by atoms with van der Waals surface area (Å²) in [7, 11) is 0. The highest BCUT2D eigenvalue weighted by Crippen LogP contribution is 2.29. The van der Waals surface area contributed by atoms with Crippen molar-refractivity contribution < 1.29 is 9.53 Å². The topological polar surface area (TPSA) is 29.5 Å². The first-order chi connectivity index (χ1) is 11.7. The molecular formula is C20H30BrNO2. The van der Waals surface area contributed by atoms with E-state index in [-0.39, 0.29) is 10.7 Å². The Morgan fingerprint density at radius 3 is 2.71 bits per heavy atom. The number of benzene rings is 1. The van der Waals surface area contributed by atoms with Crippen LogP contribution in [-0.4, -0.2) is 35.3 Å². The Morgan fingerprint density at radius 1 is 1.17 bits per heavy atom. The first-order valence-corrected chi connectivity index (χ1v) is 10.2. The Kier molecular flexibility index (Phi) is 8.82. The fourth-order valence-corrected chi connectivity index (χ4v) is 3.92. The number of rotatable bonds is 11. The van der Waals surface area contributed by atoms with Crippen molar-refractivity contribution in [1.29, 1.82) is 0 Å². The first kappa shape index (κ1) is 19.5. The Bertz CT molecular complexity index is 480. The lowest BCUT2D eigenvalue weighted by Crippen LogP contribution is -2.28. The van der Waals surface area contributed by atoms with Crippen molar-refractivity contribution in [3.8, 4) is 0 Å². The van der Waals surface area contributed by atoms with E-state index in [9.17, 15) is 4.79 Å². The zero-order chi connectivity index (χ0) is 17.2. The molecule has 1 fully saturated rings. The average Bonchev–Trinajstić information content (AvgIpc) is 2.88. The monoisotopic (exact) mass is 395 g/mol. The normalized spacial score (nSPS) is 20.8. The van der Waals surface area contributed by atoms with Gasteiger partial charge >= 0.3 is 0 Å². The van der Waals surface area contributed by atoms with Gasteiger partial charge in [-0.05, 0) is 37.2 Å². The molecule has 2 atom stereocenters. The molecular weight excluding hydrogens is 366 g/mol. The molecule has 1 saturated heterocycles. The third-order valence-corrected chi connectivity index (χ3v) is 5.81. The van der Waals surface area contributed by atoms with Crippen molar-refractivity contribution in [1.82, 2.24) is 4.90 Å². The van der Waals surface area contributed by atoms with E-state index >= 15 is 0 Å². The van der Waals surface area contributed by atoms with E-state index in [1.165, 1.54) is 18.4 Å². The number of likely N-dealkylation sites (tertiary alicyclic amines) is 1. The maximum absolute atomic E-state index is 12.3. The Hall–Kier alpha value is -0.870. The fraction of sp³-hybridized carbons (Fsp3) is 0.650. The number of alkyl halides is 1. The lowest BCUT2D eigenvalue weighted by molar-refractivity contribution is -0.127. The number of nitrogens with zero attached hydrogens (tertiary/aromatic N) is 1. The third kappa shape index (κ3) is 6.21. The van der Waals surface area contributed by atoms with Crippen molar-refractivity contribution >= 4 is 21.8 Å². The SMILES string of the molecule is CCCCC1CN(CCCCCOCc2ccccc2)C(=O)C1Br. The summed E-state index contributed by atoms with van der Waals surface area (Å²) in [5.41, 5.74) is 1.22. The lowest BCUT2D eigenvalue weighted by atomic mass is 10.0. The smallest absolute Gasteiger partial charge is 0.236 e. The zero-order valence-corrected chi connectivity index (χ0v) is 16.3. The second-order valence-electron chi connectivity index (χ2n) is 6.69. The maximum atomic E-state index is 12.3. The van der Waals surface area contributed by atoms with Gasteiger partial charge in [0.05, 0.1) is 11.4 Å². The number of hydrogen-bond donors (Lipinski definition) is 0. The van der Waals surface area contributed by atoms with E-state index in [2.05, 4.69) is 35.0 Å². The van der Waals surface area contributed by atoms with Crippen molar-refractivity contribution in [2.45, 2.75) is 56.9 Å². The molecule has 1 aliphatic rings. The molecule has 1 heterocycles. The van der Waals surface area contributed by atoms with Gasteiger partial charge in [0.2, 0.25) is 5.91 Å². The van der Waals surface area contributed by atoms with Gasteiger partial charge in [-0.1, -0.05) is 66.0 Å². The van der Waals surface area contributed by atoms with E-state index in [1.807, 2.05) is 23.1 Å². The quantitative estimate of drug-likeness (QED) is 0.398. The van der Waals surface area contributed by atoms with Crippen LogP contribution in [0.2, 0.25) is 0 Å². The van der Waals surface area contributed by atoms with Crippen LogP contribution in [0.5, 0.6) is 0 Å². The number of halogens is 1. The van der Waals surface area contributed by atoms with Crippen LogP contribution in [0.3, 0.4) is 0 Å². The minimum atomic E-state index is 0.0401. The molecule has 2 rings (SSSR count). The molecule has 1 aromatic rings. The predicted octanol–water partition coefficient (Wildman–Crippen LogP) is 4.79. The summed E-state index contributed by atoms with van der Waals surface area (Å²) in [5, 5.41) is 0. The van der Waals surface area contributed by atoms with E-state index in [4.69, 9.17) is 4.74 Å². The van der Waals surface area contributed by atoms with E-state index < -0.39 is 0 Å². The van der Waals surface area contributed by atoms with Crippen LogP contribution < -0.4 is 0 Å². The molecule has 0 saturated carbocycles. The summed E-state index contributed by atoms with van der Waals surface area (Å²) in [6.45, 7) is 5.51. The molecule has 1 aliphatic heterocycles. The summed E-state index contributed by atoms with van der Waals surface area (Å²) < 4.78 is 5.70. The summed E-state index contributed by atoms with van der Waals surface area (Å²) in [5.74, 6) is 0.781. The van der Waals surface area contributed by atoms with Crippen molar-refractivity contribution in [3.05, 3.63) is 35.9 Å². The van der Waals surface area contributed by atoms with Crippen molar-refractivity contribution in [2.24, 2.45) is 5.92 Å².